The fourth-order valence-electron chi connectivity index (χ4n) is 3.10. The molecule has 9 heteroatoms. The summed E-state index contributed by atoms with van der Waals surface area (Å²) >= 11 is 0. The lowest BCUT2D eigenvalue weighted by molar-refractivity contribution is -0.0876. The highest BCUT2D eigenvalue weighted by atomic mass is 19.4. The van der Waals surface area contributed by atoms with Gasteiger partial charge in [0, 0.05) is 25.7 Å². The Labute approximate surface area is 138 Å². The van der Waals surface area contributed by atoms with Crippen molar-refractivity contribution in [3.8, 4) is 0 Å². The van der Waals surface area contributed by atoms with E-state index in [0.717, 1.165) is 31.2 Å². The number of halogens is 3. The summed E-state index contributed by atoms with van der Waals surface area (Å²) in [6, 6.07) is 0. The van der Waals surface area contributed by atoms with E-state index in [1.54, 1.807) is 17.8 Å². The van der Waals surface area contributed by atoms with Crippen molar-refractivity contribution in [2.24, 2.45) is 17.8 Å². The normalized spacial score (nSPS) is 24.8. The van der Waals surface area contributed by atoms with Crippen molar-refractivity contribution >= 4 is 6.21 Å². The number of aromatic nitrogens is 2. The number of alkyl halides is 3. The van der Waals surface area contributed by atoms with Gasteiger partial charge < -0.3 is 10.6 Å². The van der Waals surface area contributed by atoms with E-state index in [1.165, 1.54) is 0 Å². The molecule has 1 fully saturated rings. The molecule has 1 aromatic rings. The van der Waals surface area contributed by atoms with E-state index in [1.807, 2.05) is 7.05 Å². The second-order valence-electron chi connectivity index (χ2n) is 6.16. The van der Waals surface area contributed by atoms with Gasteiger partial charge in [0.15, 0.2) is 0 Å². The van der Waals surface area contributed by atoms with Gasteiger partial charge in [-0.25, -0.2) is 4.99 Å². The fraction of sp³-hybridized carbons (Fsp3) is 0.600. The first-order valence-electron chi connectivity index (χ1n) is 7.96. The lowest BCUT2D eigenvalue weighted by Crippen LogP contribution is -2.54. The predicted octanol–water partition coefficient (Wildman–Crippen LogP) is 1.81. The molecule has 3 rings (SSSR count). The predicted molar refractivity (Wildman–Crippen MR) is 84.1 cm³/mol. The van der Waals surface area contributed by atoms with Crippen LogP contribution in [0.25, 0.3) is 0 Å². The molecule has 4 N–H and O–H groups in total. The molecule has 1 unspecified atom stereocenters. The van der Waals surface area contributed by atoms with Gasteiger partial charge in [-0.2, -0.15) is 18.3 Å². The number of aliphatic imine (C=N–C) groups is 1. The molecule has 1 atom stereocenters. The Morgan fingerprint density at radius 1 is 1.46 bits per heavy atom. The van der Waals surface area contributed by atoms with Gasteiger partial charge in [-0.15, -0.1) is 0 Å². The standard InChI is InChI=1S/C15H21F3N6/c1-3-20-13-11(14(16,17)18)7-21-15(19,23-13)10-8-22-24(2)12(10)9-5-4-6-9/h7-9,20,23H,3-6,19H2,1-2H3. The summed E-state index contributed by atoms with van der Waals surface area (Å²) in [5.41, 5.74) is 7.02. The van der Waals surface area contributed by atoms with Crippen LogP contribution in [0.4, 0.5) is 13.2 Å². The smallest absolute Gasteiger partial charge is 0.372 e. The van der Waals surface area contributed by atoms with E-state index >= 15 is 0 Å². The summed E-state index contributed by atoms with van der Waals surface area (Å²) in [7, 11) is 1.81. The zero-order valence-electron chi connectivity index (χ0n) is 13.6. The molecule has 1 aliphatic carbocycles. The Balaban J connectivity index is 1.99. The number of hydrogen-bond donors (Lipinski definition) is 3. The molecule has 0 saturated heterocycles. The largest absolute Gasteiger partial charge is 0.421 e. The van der Waals surface area contributed by atoms with Crippen LogP contribution < -0.4 is 16.4 Å². The summed E-state index contributed by atoms with van der Waals surface area (Å²) < 4.78 is 41.2. The molecule has 1 aliphatic heterocycles. The molecule has 1 aromatic heterocycles. The molecule has 6 nitrogen and oxygen atoms in total. The van der Waals surface area contributed by atoms with Crippen LogP contribution in [-0.4, -0.2) is 28.7 Å². The van der Waals surface area contributed by atoms with Crippen molar-refractivity contribution in [3.63, 3.8) is 0 Å². The lowest BCUT2D eigenvalue weighted by atomic mass is 9.80. The van der Waals surface area contributed by atoms with Gasteiger partial charge in [0.25, 0.3) is 0 Å². The quantitative estimate of drug-likeness (QED) is 0.780. The number of nitrogens with two attached hydrogens (primary N) is 1. The average molecular weight is 342 g/mol. The van der Waals surface area contributed by atoms with Crippen LogP contribution in [0.3, 0.4) is 0 Å². The summed E-state index contributed by atoms with van der Waals surface area (Å²) in [5.74, 6) is -1.31. The molecular formula is C15H21F3N6. The minimum absolute atomic E-state index is 0.161. The van der Waals surface area contributed by atoms with E-state index in [9.17, 15) is 13.2 Å². The Hall–Kier alpha value is -2.03. The van der Waals surface area contributed by atoms with Crippen LogP contribution >= 0.6 is 0 Å². The fourth-order valence-corrected chi connectivity index (χ4v) is 3.10. The Kier molecular flexibility index (Phi) is 4.06. The molecule has 0 radical (unpaired) electrons. The monoisotopic (exact) mass is 342 g/mol. The average Bonchev–Trinajstić information content (AvgIpc) is 2.79. The zero-order valence-corrected chi connectivity index (χ0v) is 13.6. The van der Waals surface area contributed by atoms with E-state index in [4.69, 9.17) is 5.73 Å². The third-order valence-electron chi connectivity index (χ3n) is 4.53. The number of allylic oxidation sites excluding steroid dienone is 1. The third-order valence-corrected chi connectivity index (χ3v) is 4.53. The minimum atomic E-state index is -4.51. The van der Waals surface area contributed by atoms with Gasteiger partial charge in [0.05, 0.1) is 17.5 Å². The van der Waals surface area contributed by atoms with Gasteiger partial charge in [-0.3, -0.25) is 10.4 Å². The molecule has 0 aromatic carbocycles. The zero-order chi connectivity index (χ0) is 17.5. The summed E-state index contributed by atoms with van der Waals surface area (Å²) in [6.07, 6.45) is 1.05. The van der Waals surface area contributed by atoms with Crippen molar-refractivity contribution in [1.29, 1.82) is 0 Å². The Morgan fingerprint density at radius 3 is 2.71 bits per heavy atom. The maximum absolute atomic E-state index is 13.2. The van der Waals surface area contributed by atoms with E-state index in [2.05, 4.69) is 20.7 Å². The van der Waals surface area contributed by atoms with Crippen LogP contribution in [0.2, 0.25) is 0 Å². The number of hydrogen-bond acceptors (Lipinski definition) is 5. The first kappa shape index (κ1) is 16.8. The van der Waals surface area contributed by atoms with E-state index in [0.29, 0.717) is 18.0 Å². The molecule has 132 valence electrons. The number of rotatable bonds is 4. The van der Waals surface area contributed by atoms with Gasteiger partial charge in [-0.1, -0.05) is 6.42 Å². The van der Waals surface area contributed by atoms with Gasteiger partial charge >= 0.3 is 6.18 Å². The highest BCUT2D eigenvalue weighted by molar-refractivity contribution is 5.82. The lowest BCUT2D eigenvalue weighted by Gasteiger charge is -2.36. The topological polar surface area (TPSA) is 80.3 Å². The third kappa shape index (κ3) is 2.77. The van der Waals surface area contributed by atoms with Crippen molar-refractivity contribution < 1.29 is 13.2 Å². The second kappa shape index (κ2) is 5.80. The Bertz CT molecular complexity index is 686. The molecule has 2 aliphatic rings. The SMILES string of the molecule is CCNC1=C(C(F)(F)F)C=NC(N)(c2cnn(C)c2C2CCC2)N1. The van der Waals surface area contributed by atoms with Crippen LogP contribution in [0.15, 0.2) is 22.6 Å². The molecule has 2 heterocycles. The molecular weight excluding hydrogens is 321 g/mol. The van der Waals surface area contributed by atoms with Gasteiger partial charge in [-0.05, 0) is 19.8 Å². The van der Waals surface area contributed by atoms with Crippen LogP contribution in [0.1, 0.15) is 43.4 Å². The molecule has 1 saturated carbocycles. The van der Waals surface area contributed by atoms with Crippen molar-refractivity contribution in [1.82, 2.24) is 20.4 Å². The second-order valence-corrected chi connectivity index (χ2v) is 6.16. The molecule has 24 heavy (non-hydrogen) atoms. The molecule has 0 spiro atoms. The number of nitrogens with one attached hydrogen (secondary N) is 2. The van der Waals surface area contributed by atoms with Crippen molar-refractivity contribution in [3.05, 3.63) is 28.8 Å². The molecule has 0 bridgehead atoms. The van der Waals surface area contributed by atoms with E-state index < -0.39 is 17.5 Å². The number of nitrogens with zero attached hydrogens (tertiary/aromatic N) is 3. The van der Waals surface area contributed by atoms with Crippen molar-refractivity contribution in [2.45, 2.75) is 44.1 Å². The highest BCUT2D eigenvalue weighted by Crippen LogP contribution is 2.41. The van der Waals surface area contributed by atoms with E-state index in [-0.39, 0.29) is 5.82 Å². The van der Waals surface area contributed by atoms with Crippen LogP contribution in [0.5, 0.6) is 0 Å². The highest BCUT2D eigenvalue weighted by Gasteiger charge is 2.43. The minimum Gasteiger partial charge on any atom is -0.372 e. The first-order valence-corrected chi connectivity index (χ1v) is 7.96. The maximum Gasteiger partial charge on any atom is 0.421 e. The maximum atomic E-state index is 13.2. The van der Waals surface area contributed by atoms with Gasteiger partial charge in [0.2, 0.25) is 5.79 Å². The van der Waals surface area contributed by atoms with Crippen molar-refractivity contribution in [2.75, 3.05) is 6.54 Å². The summed E-state index contributed by atoms with van der Waals surface area (Å²) in [4.78, 5) is 4.00. The Morgan fingerprint density at radius 2 is 2.17 bits per heavy atom. The summed E-state index contributed by atoms with van der Waals surface area (Å²) in [5, 5.41) is 9.68. The summed E-state index contributed by atoms with van der Waals surface area (Å²) in [6.45, 7) is 2.05. The molecule has 0 amide bonds. The number of aryl methyl sites for hydroxylation is 1. The van der Waals surface area contributed by atoms with Crippen LogP contribution in [-0.2, 0) is 12.8 Å². The van der Waals surface area contributed by atoms with Gasteiger partial charge in [0.1, 0.15) is 11.4 Å². The van der Waals surface area contributed by atoms with Crippen LogP contribution in [0, 0.1) is 0 Å². The first-order chi connectivity index (χ1) is 11.3.